The van der Waals surface area contributed by atoms with Crippen LogP contribution in [0.15, 0.2) is 0 Å². The molecule has 0 amide bonds. The summed E-state index contributed by atoms with van der Waals surface area (Å²) in [7, 11) is -12.4. The van der Waals surface area contributed by atoms with Crippen LogP contribution in [0.2, 0.25) is 37.8 Å². The molecule has 0 aliphatic carbocycles. The predicted molar refractivity (Wildman–Crippen MR) is 103 cm³/mol. The molecule has 0 saturated heterocycles. The van der Waals surface area contributed by atoms with Crippen LogP contribution in [-0.2, 0) is 12.8 Å². The van der Waals surface area contributed by atoms with E-state index in [0.29, 0.717) is 12.8 Å². The Balaban J connectivity index is 6.16. The van der Waals surface area contributed by atoms with E-state index in [1.165, 1.54) is 0 Å². The highest BCUT2D eigenvalue weighted by Crippen LogP contribution is 2.56. The van der Waals surface area contributed by atoms with E-state index in [9.17, 15) is 24.6 Å². The zero-order valence-corrected chi connectivity index (χ0v) is 19.9. The van der Waals surface area contributed by atoms with Crippen molar-refractivity contribution in [2.75, 3.05) is 18.6 Å². The molecule has 7 nitrogen and oxygen atoms in total. The summed E-state index contributed by atoms with van der Waals surface area (Å²) in [5, 5.41) is 18.5. The van der Waals surface area contributed by atoms with Crippen molar-refractivity contribution < 1.29 is 32.8 Å². The summed E-state index contributed by atoms with van der Waals surface area (Å²) in [5.41, 5.74) is 0. The third-order valence-electron chi connectivity index (χ3n) is 4.53. The fraction of sp³-hybridized carbons (Fsp3) is 1.00. The molecule has 0 aromatic rings. The van der Waals surface area contributed by atoms with Crippen molar-refractivity contribution in [2.24, 2.45) is 0 Å². The van der Waals surface area contributed by atoms with Gasteiger partial charge in [0.1, 0.15) is 0 Å². The van der Waals surface area contributed by atoms with E-state index in [4.69, 9.17) is 8.23 Å². The Morgan fingerprint density at radius 3 is 1.42 bits per heavy atom. The number of hydrogen-bond donors (Lipinski definition) is 4. The fourth-order valence-corrected chi connectivity index (χ4v) is 18.5. The quantitative estimate of drug-likeness (QED) is 0.300. The van der Waals surface area contributed by atoms with Gasteiger partial charge < -0.3 is 28.2 Å². The van der Waals surface area contributed by atoms with Crippen LogP contribution < -0.4 is 0 Å². The van der Waals surface area contributed by atoms with Gasteiger partial charge in [-0.1, -0.05) is 13.8 Å². The maximum Gasteiger partial charge on any atom is 0.326 e. The number of aliphatic hydroxyl groups excluding tert-OH is 2. The molecule has 11 heteroatoms. The standard InChI is InChI=1S/C13H35O7PSi3/c1-8-13(9-2,10-21(16,17)18)24(7,19-22(3,4)11-14)20-23(5,6)12-15/h14-15H,8-12H2,1-7H3,(H2,16,17,18). The van der Waals surface area contributed by atoms with Crippen LogP contribution in [0.5, 0.6) is 0 Å². The molecule has 0 spiro atoms. The van der Waals surface area contributed by atoms with Crippen molar-refractivity contribution in [2.45, 2.75) is 64.5 Å². The third kappa shape index (κ3) is 6.75. The molecular weight excluding hydrogens is 383 g/mol. The first-order valence-electron chi connectivity index (χ1n) is 8.28. The maximum atomic E-state index is 11.8. The van der Waals surface area contributed by atoms with Gasteiger partial charge in [0, 0.05) is 5.04 Å². The average Bonchev–Trinajstić information content (AvgIpc) is 2.42. The van der Waals surface area contributed by atoms with Gasteiger partial charge in [0.15, 0.2) is 0 Å². The number of hydrogen-bond acceptors (Lipinski definition) is 5. The Morgan fingerprint density at radius 1 is 0.875 bits per heavy atom. The van der Waals surface area contributed by atoms with Gasteiger partial charge in [0.25, 0.3) is 0 Å². The lowest BCUT2D eigenvalue weighted by Gasteiger charge is -2.50. The van der Waals surface area contributed by atoms with E-state index in [1.807, 2.05) is 46.6 Å². The lowest BCUT2D eigenvalue weighted by molar-refractivity contribution is 0.261. The van der Waals surface area contributed by atoms with Gasteiger partial charge >= 0.3 is 16.2 Å². The second-order valence-electron chi connectivity index (χ2n) is 7.80. The Kier molecular flexibility index (Phi) is 8.78. The van der Waals surface area contributed by atoms with E-state index in [2.05, 4.69) is 0 Å². The zero-order valence-electron chi connectivity index (χ0n) is 16.0. The zero-order chi connectivity index (χ0) is 19.4. The minimum atomic E-state index is -4.28. The first kappa shape index (κ1) is 24.6. The van der Waals surface area contributed by atoms with E-state index >= 15 is 0 Å². The summed E-state index contributed by atoms with van der Waals surface area (Å²) >= 11 is 0. The Hall–Kier alpha value is 0.641. The number of aliphatic hydroxyl groups is 2. The van der Waals surface area contributed by atoms with Crippen LogP contribution in [-0.4, -0.2) is 63.8 Å². The van der Waals surface area contributed by atoms with Crippen LogP contribution in [0, 0.1) is 0 Å². The Bertz CT molecular complexity index is 431. The van der Waals surface area contributed by atoms with Crippen LogP contribution >= 0.6 is 7.60 Å². The molecular formula is C13H35O7PSi3. The summed E-state index contributed by atoms with van der Waals surface area (Å²) in [4.78, 5) is 19.3. The second-order valence-corrected chi connectivity index (χ2v) is 21.7. The topological polar surface area (TPSA) is 116 Å². The summed E-state index contributed by atoms with van der Waals surface area (Å²) in [6, 6.07) is 0. The molecule has 0 atom stereocenters. The molecule has 0 aliphatic heterocycles. The third-order valence-corrected chi connectivity index (χ3v) is 17.7. The molecule has 0 saturated carbocycles. The molecule has 146 valence electrons. The van der Waals surface area contributed by atoms with Gasteiger partial charge in [-0.2, -0.15) is 0 Å². The van der Waals surface area contributed by atoms with E-state index in [-0.39, 0.29) is 18.6 Å². The van der Waals surface area contributed by atoms with Gasteiger partial charge in [-0.25, -0.2) is 0 Å². The fourth-order valence-electron chi connectivity index (χ4n) is 3.01. The SMILES string of the molecule is CCC(CC)(CP(=O)(O)O)[Si](C)(O[Si](C)(C)CO)O[Si](C)(C)CO. The molecule has 4 N–H and O–H groups in total. The first-order chi connectivity index (χ1) is 10.6. The molecule has 0 unspecified atom stereocenters. The van der Waals surface area contributed by atoms with Gasteiger partial charge in [0.2, 0.25) is 16.6 Å². The average molecular weight is 419 g/mol. The summed E-state index contributed by atoms with van der Waals surface area (Å²) in [6.07, 6.45) is 0.507. The minimum absolute atomic E-state index is 0.0977. The molecule has 0 heterocycles. The Labute approximate surface area is 149 Å². The monoisotopic (exact) mass is 418 g/mol. The molecule has 0 fully saturated rings. The number of rotatable bonds is 11. The highest BCUT2D eigenvalue weighted by molar-refractivity contribution is 7.52. The van der Waals surface area contributed by atoms with Gasteiger partial charge in [0.05, 0.1) is 18.6 Å². The molecule has 0 aromatic carbocycles. The largest absolute Gasteiger partial charge is 0.434 e. The van der Waals surface area contributed by atoms with E-state index in [1.54, 1.807) is 0 Å². The molecule has 0 aliphatic rings. The predicted octanol–water partition coefficient (Wildman–Crippen LogP) is 2.30. The van der Waals surface area contributed by atoms with Crippen LogP contribution in [0.3, 0.4) is 0 Å². The van der Waals surface area contributed by atoms with Crippen molar-refractivity contribution in [1.82, 2.24) is 0 Å². The van der Waals surface area contributed by atoms with Gasteiger partial charge in [-0.05, 0) is 45.6 Å². The second kappa shape index (κ2) is 8.55. The summed E-state index contributed by atoms with van der Waals surface area (Å²) in [6.45, 7) is 13.1. The van der Waals surface area contributed by atoms with Crippen molar-refractivity contribution >= 4 is 32.8 Å². The van der Waals surface area contributed by atoms with Gasteiger partial charge in [-0.3, -0.25) is 4.57 Å². The highest BCUT2D eigenvalue weighted by atomic mass is 31.2. The maximum absolute atomic E-state index is 11.8. The van der Waals surface area contributed by atoms with Crippen LogP contribution in [0.1, 0.15) is 26.7 Å². The van der Waals surface area contributed by atoms with Crippen molar-refractivity contribution in [3.8, 4) is 0 Å². The summed E-state index contributed by atoms with van der Waals surface area (Å²) in [5.74, 6) is 0. The van der Waals surface area contributed by atoms with Crippen LogP contribution in [0.4, 0.5) is 0 Å². The smallest absolute Gasteiger partial charge is 0.326 e. The summed E-state index contributed by atoms with van der Waals surface area (Å²) < 4.78 is 24.6. The van der Waals surface area contributed by atoms with Crippen molar-refractivity contribution in [1.29, 1.82) is 0 Å². The lowest BCUT2D eigenvalue weighted by atomic mass is 10.1. The highest BCUT2D eigenvalue weighted by Gasteiger charge is 2.58. The molecule has 0 rings (SSSR count). The first-order valence-corrected chi connectivity index (χ1v) is 18.6. The molecule has 24 heavy (non-hydrogen) atoms. The normalized spacial score (nSPS) is 15.0. The van der Waals surface area contributed by atoms with Crippen LogP contribution in [0.25, 0.3) is 0 Å². The lowest BCUT2D eigenvalue weighted by Crippen LogP contribution is -2.63. The molecule has 0 aromatic heterocycles. The molecule has 0 bridgehead atoms. The minimum Gasteiger partial charge on any atom is -0.434 e. The van der Waals surface area contributed by atoms with E-state index in [0.717, 1.165) is 0 Å². The van der Waals surface area contributed by atoms with Crippen molar-refractivity contribution in [3.63, 3.8) is 0 Å². The van der Waals surface area contributed by atoms with Crippen molar-refractivity contribution in [3.05, 3.63) is 0 Å². The Morgan fingerprint density at radius 2 is 1.21 bits per heavy atom. The molecule has 0 radical (unpaired) electrons. The van der Waals surface area contributed by atoms with E-state index < -0.39 is 37.8 Å². The van der Waals surface area contributed by atoms with Gasteiger partial charge in [-0.15, -0.1) is 0 Å².